The number of benzene rings is 1. The van der Waals surface area contributed by atoms with E-state index in [0.29, 0.717) is 25.3 Å². The topological polar surface area (TPSA) is 75.3 Å². The van der Waals surface area contributed by atoms with Crippen LogP contribution in [0, 0.1) is 5.41 Å². The molecule has 1 aromatic heterocycles. The smallest absolute Gasteiger partial charge is 0.314 e. The van der Waals surface area contributed by atoms with Gasteiger partial charge in [-0.1, -0.05) is 30.3 Å². The molecule has 0 aliphatic carbocycles. The second kappa shape index (κ2) is 6.59. The molecule has 2 fully saturated rings. The Balaban J connectivity index is 1.69. The van der Waals surface area contributed by atoms with Gasteiger partial charge in [-0.25, -0.2) is 4.98 Å². The van der Waals surface area contributed by atoms with Gasteiger partial charge < -0.3 is 14.6 Å². The molecule has 6 heteroatoms. The van der Waals surface area contributed by atoms with E-state index >= 15 is 0 Å². The van der Waals surface area contributed by atoms with Crippen LogP contribution in [0.25, 0.3) is 0 Å². The van der Waals surface area contributed by atoms with Crippen molar-refractivity contribution in [1.82, 2.24) is 14.9 Å². The first-order valence-corrected chi connectivity index (χ1v) is 9.19. The second-order valence-corrected chi connectivity index (χ2v) is 7.14. The van der Waals surface area contributed by atoms with E-state index in [-0.39, 0.29) is 24.0 Å². The number of nitrogens with zero attached hydrogens (tertiary/aromatic N) is 2. The first kappa shape index (κ1) is 16.8. The van der Waals surface area contributed by atoms with E-state index in [1.165, 1.54) is 0 Å². The molecule has 0 saturated carbocycles. The van der Waals surface area contributed by atoms with Crippen molar-refractivity contribution in [2.45, 2.75) is 44.7 Å². The fourth-order valence-electron chi connectivity index (χ4n) is 4.71. The third-order valence-corrected chi connectivity index (χ3v) is 5.72. The molecule has 2 aliphatic heterocycles. The molecule has 0 radical (unpaired) electrons. The quantitative estimate of drug-likeness (QED) is 0.839. The van der Waals surface area contributed by atoms with Crippen molar-refractivity contribution in [3.8, 4) is 0 Å². The molecule has 6 nitrogen and oxygen atoms in total. The van der Waals surface area contributed by atoms with Crippen LogP contribution < -0.4 is 0 Å². The van der Waals surface area contributed by atoms with E-state index < -0.39 is 5.41 Å². The Morgan fingerprint density at radius 2 is 2.12 bits per heavy atom. The molecular weight excluding hydrogens is 330 g/mol. The summed E-state index contributed by atoms with van der Waals surface area (Å²) in [5.74, 6) is 0.0244. The highest BCUT2D eigenvalue weighted by Crippen LogP contribution is 2.52. The molecule has 1 N–H and O–H groups in total. The molecule has 1 aromatic carbocycles. The van der Waals surface area contributed by atoms with Crippen molar-refractivity contribution in [2.75, 3.05) is 6.61 Å². The Hall–Kier alpha value is -2.63. The number of hydrogen-bond acceptors (Lipinski definition) is 4. The van der Waals surface area contributed by atoms with Crippen LogP contribution in [0.2, 0.25) is 0 Å². The van der Waals surface area contributed by atoms with Gasteiger partial charge in [-0.2, -0.15) is 0 Å². The van der Waals surface area contributed by atoms with E-state index in [2.05, 4.69) is 9.97 Å². The van der Waals surface area contributed by atoms with Gasteiger partial charge in [0.2, 0.25) is 0 Å². The van der Waals surface area contributed by atoms with Crippen LogP contribution in [-0.4, -0.2) is 45.4 Å². The van der Waals surface area contributed by atoms with E-state index in [1.807, 2.05) is 42.2 Å². The van der Waals surface area contributed by atoms with E-state index in [9.17, 15) is 9.59 Å². The van der Waals surface area contributed by atoms with Gasteiger partial charge in [-0.3, -0.25) is 9.59 Å². The lowest BCUT2D eigenvalue weighted by atomic mass is 9.70. The van der Waals surface area contributed by atoms with Gasteiger partial charge in [0, 0.05) is 24.5 Å². The summed E-state index contributed by atoms with van der Waals surface area (Å²) in [7, 11) is 0. The normalized spacial score (nSPS) is 26.9. The van der Waals surface area contributed by atoms with Crippen LogP contribution >= 0.6 is 0 Å². The van der Waals surface area contributed by atoms with Crippen LogP contribution in [0.3, 0.4) is 0 Å². The average molecular weight is 353 g/mol. The molecule has 2 aromatic rings. The predicted octanol–water partition coefficient (Wildman–Crippen LogP) is 2.58. The molecule has 3 heterocycles. The lowest BCUT2D eigenvalue weighted by molar-refractivity contribution is -0.157. The number of aromatic nitrogens is 2. The molecule has 3 atom stereocenters. The van der Waals surface area contributed by atoms with Crippen LogP contribution in [0.1, 0.15) is 42.4 Å². The molecular formula is C20H23N3O3. The fourth-order valence-corrected chi connectivity index (χ4v) is 4.71. The van der Waals surface area contributed by atoms with Gasteiger partial charge in [0.05, 0.1) is 12.0 Å². The third-order valence-electron chi connectivity index (χ3n) is 5.72. The minimum absolute atomic E-state index is 0.0609. The Labute approximate surface area is 152 Å². The van der Waals surface area contributed by atoms with E-state index in [0.717, 1.165) is 18.4 Å². The molecule has 2 bridgehead atoms. The molecule has 2 saturated heterocycles. The van der Waals surface area contributed by atoms with Gasteiger partial charge in [0.15, 0.2) is 5.82 Å². The number of rotatable bonds is 5. The number of amides is 1. The van der Waals surface area contributed by atoms with Crippen molar-refractivity contribution in [3.63, 3.8) is 0 Å². The number of nitrogens with one attached hydrogen (secondary N) is 1. The van der Waals surface area contributed by atoms with Crippen molar-refractivity contribution in [2.24, 2.45) is 5.41 Å². The summed E-state index contributed by atoms with van der Waals surface area (Å²) in [6, 6.07) is 9.90. The molecule has 4 rings (SSSR count). The van der Waals surface area contributed by atoms with Gasteiger partial charge in [0.25, 0.3) is 5.91 Å². The summed E-state index contributed by atoms with van der Waals surface area (Å²) >= 11 is 0. The van der Waals surface area contributed by atoms with Crippen LogP contribution in [0.4, 0.5) is 0 Å². The SMILES string of the molecule is CCOC(=O)[C@@]1(Cc2ccccc2)C[C@H]2CC[C@@H]1N2C(=O)c1ncc[nH]1. The Morgan fingerprint density at radius 1 is 1.31 bits per heavy atom. The average Bonchev–Trinajstić information content (AvgIpc) is 3.38. The van der Waals surface area contributed by atoms with Gasteiger partial charge in [0.1, 0.15) is 0 Å². The lowest BCUT2D eigenvalue weighted by Gasteiger charge is -2.35. The standard InChI is InChI=1S/C20H23N3O3/c1-2-26-19(25)20(12-14-6-4-3-5-7-14)13-15-8-9-16(20)23(15)18(24)17-21-10-11-22-17/h3-7,10-11,15-16H,2,8-9,12-13H2,1H3,(H,21,22)/t15-,16+,20+/m1/s1. The summed E-state index contributed by atoms with van der Waals surface area (Å²) in [5, 5.41) is 0. The Kier molecular flexibility index (Phi) is 4.26. The van der Waals surface area contributed by atoms with Gasteiger partial charge in [-0.05, 0) is 38.2 Å². The zero-order chi connectivity index (χ0) is 18.1. The molecule has 2 aliphatic rings. The highest BCUT2D eigenvalue weighted by atomic mass is 16.5. The maximum atomic E-state index is 13.0. The number of imidazole rings is 1. The Bertz CT molecular complexity index is 790. The number of esters is 1. The first-order valence-electron chi connectivity index (χ1n) is 9.19. The minimum Gasteiger partial charge on any atom is -0.465 e. The Morgan fingerprint density at radius 3 is 2.81 bits per heavy atom. The summed E-state index contributed by atoms with van der Waals surface area (Å²) < 4.78 is 5.47. The number of ether oxygens (including phenoxy) is 1. The van der Waals surface area contributed by atoms with Crippen molar-refractivity contribution < 1.29 is 14.3 Å². The lowest BCUT2D eigenvalue weighted by Crippen LogP contribution is -2.47. The first-order chi connectivity index (χ1) is 12.7. The number of H-pyrrole nitrogens is 1. The third kappa shape index (κ3) is 2.60. The maximum Gasteiger partial charge on any atom is 0.314 e. The number of carbonyl (C=O) groups excluding carboxylic acids is 2. The fraction of sp³-hybridized carbons (Fsp3) is 0.450. The maximum absolute atomic E-state index is 13.0. The molecule has 0 unspecified atom stereocenters. The highest BCUT2D eigenvalue weighted by molar-refractivity contribution is 5.93. The second-order valence-electron chi connectivity index (χ2n) is 7.14. The molecule has 0 spiro atoms. The minimum atomic E-state index is -0.678. The van der Waals surface area contributed by atoms with Crippen molar-refractivity contribution in [1.29, 1.82) is 0 Å². The number of fused-ring (bicyclic) bond motifs is 2. The van der Waals surface area contributed by atoms with Crippen molar-refractivity contribution >= 4 is 11.9 Å². The van der Waals surface area contributed by atoms with E-state index in [1.54, 1.807) is 12.4 Å². The predicted molar refractivity (Wildman–Crippen MR) is 95.4 cm³/mol. The number of aromatic amines is 1. The zero-order valence-corrected chi connectivity index (χ0v) is 14.9. The van der Waals surface area contributed by atoms with Crippen LogP contribution in [-0.2, 0) is 16.0 Å². The summed E-state index contributed by atoms with van der Waals surface area (Å²) in [6.07, 6.45) is 6.21. The van der Waals surface area contributed by atoms with Gasteiger partial charge in [-0.15, -0.1) is 0 Å². The largest absolute Gasteiger partial charge is 0.465 e. The number of carbonyl (C=O) groups is 2. The van der Waals surface area contributed by atoms with Crippen molar-refractivity contribution in [3.05, 3.63) is 54.1 Å². The molecule has 26 heavy (non-hydrogen) atoms. The summed E-state index contributed by atoms with van der Waals surface area (Å²) in [5.41, 5.74) is 0.418. The summed E-state index contributed by atoms with van der Waals surface area (Å²) in [6.45, 7) is 2.17. The zero-order valence-electron chi connectivity index (χ0n) is 14.9. The monoisotopic (exact) mass is 353 g/mol. The van der Waals surface area contributed by atoms with Gasteiger partial charge >= 0.3 is 5.97 Å². The molecule has 136 valence electrons. The highest BCUT2D eigenvalue weighted by Gasteiger charge is 2.62. The summed E-state index contributed by atoms with van der Waals surface area (Å²) in [4.78, 5) is 34.9. The van der Waals surface area contributed by atoms with Crippen LogP contribution in [0.15, 0.2) is 42.7 Å². The van der Waals surface area contributed by atoms with Crippen LogP contribution in [0.5, 0.6) is 0 Å². The molecule has 1 amide bonds. The van der Waals surface area contributed by atoms with E-state index in [4.69, 9.17) is 4.74 Å². The number of hydrogen-bond donors (Lipinski definition) is 1.